The highest BCUT2D eigenvalue weighted by Gasteiger charge is 2.70. The van der Waals surface area contributed by atoms with Crippen LogP contribution in [0.2, 0.25) is 5.02 Å². The summed E-state index contributed by atoms with van der Waals surface area (Å²) in [5.41, 5.74) is -0.391. The summed E-state index contributed by atoms with van der Waals surface area (Å²) < 4.78 is 51.4. The molecule has 4 aliphatic rings. The first-order valence-corrected chi connectivity index (χ1v) is 16.1. The third-order valence-corrected chi connectivity index (χ3v) is 11.9. The Bertz CT molecular complexity index is 1760. The van der Waals surface area contributed by atoms with E-state index < -0.39 is 47.3 Å². The molecule has 230 valence electrons. The first-order chi connectivity index (χ1) is 21.0. The summed E-state index contributed by atoms with van der Waals surface area (Å²) in [6.07, 6.45) is -4.05. The largest absolute Gasteiger partial charge is 0.482 e. The lowest BCUT2D eigenvalue weighted by atomic mass is 9.68. The molecule has 2 amide bonds. The van der Waals surface area contributed by atoms with Gasteiger partial charge >= 0.3 is 17.0 Å². The molecule has 0 unspecified atom stereocenters. The lowest BCUT2D eigenvalue weighted by Gasteiger charge is -2.43. The number of anilines is 1. The second kappa shape index (κ2) is 10.7. The lowest BCUT2D eigenvalue weighted by Crippen LogP contribution is -2.42. The Hall–Kier alpha value is -3.29. The monoisotopic (exact) mass is 664 g/mol. The van der Waals surface area contributed by atoms with Crippen molar-refractivity contribution in [3.63, 3.8) is 0 Å². The second-order valence-electron chi connectivity index (χ2n) is 11.3. The van der Waals surface area contributed by atoms with E-state index in [0.29, 0.717) is 27.8 Å². The molecule has 44 heavy (non-hydrogen) atoms. The van der Waals surface area contributed by atoms with E-state index in [1.807, 2.05) is 0 Å². The SMILES string of the molecule is CCOC(=O)COc1ccc(Cl)cc1[C@@H]1c2sc(=O)[nH]c2S[C@@H]2[C@@H]3C[C@@H]([C@@H]4C(=O)N(c5cccc(C(F)(F)F)c5)C(=O)[C@@H]34)[C@H]12. The first kappa shape index (κ1) is 29.4. The van der Waals surface area contributed by atoms with Gasteiger partial charge in [0, 0.05) is 26.6 Å². The van der Waals surface area contributed by atoms with Crippen LogP contribution in [0.15, 0.2) is 52.3 Å². The minimum absolute atomic E-state index is 0.0938. The number of carbonyl (C=O) groups excluding carboxylic acids is 3. The maximum absolute atomic E-state index is 13.9. The summed E-state index contributed by atoms with van der Waals surface area (Å²) in [4.78, 5) is 56.8. The number of imide groups is 1. The van der Waals surface area contributed by atoms with E-state index in [9.17, 15) is 32.3 Å². The Labute approximate surface area is 261 Å². The summed E-state index contributed by atoms with van der Waals surface area (Å²) in [6.45, 7) is 1.53. The molecule has 1 aromatic heterocycles. The highest BCUT2D eigenvalue weighted by Crippen LogP contribution is 2.69. The van der Waals surface area contributed by atoms with E-state index in [1.165, 1.54) is 23.9 Å². The maximum atomic E-state index is 13.9. The van der Waals surface area contributed by atoms with Crippen molar-refractivity contribution in [2.45, 2.75) is 35.7 Å². The molecule has 1 saturated heterocycles. The quantitative estimate of drug-likeness (QED) is 0.265. The number of nitrogens with one attached hydrogen (secondary N) is 1. The number of ether oxygens (including phenoxy) is 2. The summed E-state index contributed by atoms with van der Waals surface area (Å²) in [7, 11) is 0. The van der Waals surface area contributed by atoms with Crippen molar-refractivity contribution in [3.8, 4) is 5.75 Å². The van der Waals surface area contributed by atoms with Crippen LogP contribution in [0.25, 0.3) is 0 Å². The van der Waals surface area contributed by atoms with Crippen molar-refractivity contribution in [1.29, 1.82) is 0 Å². The molecule has 8 nitrogen and oxygen atoms in total. The third-order valence-electron chi connectivity index (χ3n) is 9.11. The number of alkyl halides is 3. The first-order valence-electron chi connectivity index (χ1n) is 14.0. The zero-order valence-electron chi connectivity index (χ0n) is 22.9. The number of aromatic nitrogens is 1. The summed E-state index contributed by atoms with van der Waals surface area (Å²) in [5.74, 6) is -3.76. The van der Waals surface area contributed by atoms with E-state index in [1.54, 1.807) is 25.1 Å². The second-order valence-corrected chi connectivity index (χ2v) is 13.9. The third kappa shape index (κ3) is 4.57. The van der Waals surface area contributed by atoms with Crippen molar-refractivity contribution >= 4 is 58.2 Å². The molecule has 14 heteroatoms. The number of thioether (sulfide) groups is 1. The molecule has 2 aliphatic heterocycles. The molecule has 0 spiro atoms. The average Bonchev–Trinajstić information content (AvgIpc) is 3.71. The van der Waals surface area contributed by atoms with Crippen molar-refractivity contribution in [2.75, 3.05) is 18.1 Å². The van der Waals surface area contributed by atoms with Crippen LogP contribution in [-0.4, -0.2) is 41.2 Å². The zero-order chi connectivity index (χ0) is 31.1. The molecule has 7 atom stereocenters. The van der Waals surface area contributed by atoms with Crippen molar-refractivity contribution < 1.29 is 37.0 Å². The van der Waals surface area contributed by atoms with Gasteiger partial charge in [-0.15, -0.1) is 11.8 Å². The van der Waals surface area contributed by atoms with Crippen LogP contribution in [-0.2, 0) is 25.3 Å². The number of amides is 2. The van der Waals surface area contributed by atoms with Gasteiger partial charge in [0.15, 0.2) is 6.61 Å². The Balaban J connectivity index is 1.29. The van der Waals surface area contributed by atoms with Gasteiger partial charge in [-0.1, -0.05) is 29.0 Å². The van der Waals surface area contributed by atoms with E-state index in [2.05, 4.69) is 4.98 Å². The van der Waals surface area contributed by atoms with E-state index in [0.717, 1.165) is 33.2 Å². The number of H-pyrrole nitrogens is 1. The molecule has 2 bridgehead atoms. The number of thiazole rings is 1. The fourth-order valence-electron chi connectivity index (χ4n) is 7.67. The zero-order valence-corrected chi connectivity index (χ0v) is 25.3. The minimum Gasteiger partial charge on any atom is -0.482 e. The topological polar surface area (TPSA) is 106 Å². The smallest absolute Gasteiger partial charge is 0.416 e. The predicted octanol–water partition coefficient (Wildman–Crippen LogP) is 5.73. The van der Waals surface area contributed by atoms with Gasteiger partial charge in [-0.2, -0.15) is 13.2 Å². The van der Waals surface area contributed by atoms with Gasteiger partial charge in [0.25, 0.3) is 0 Å². The number of nitrogens with zero attached hydrogens (tertiary/aromatic N) is 1. The Morgan fingerprint density at radius 2 is 1.84 bits per heavy atom. The number of hydrogen-bond donors (Lipinski definition) is 1. The molecule has 3 heterocycles. The molecule has 3 aromatic rings. The van der Waals surface area contributed by atoms with Gasteiger partial charge < -0.3 is 14.5 Å². The fraction of sp³-hybridized carbons (Fsp3) is 0.400. The van der Waals surface area contributed by atoms with Crippen molar-refractivity contribution in [3.05, 3.63) is 73.2 Å². The van der Waals surface area contributed by atoms with Crippen LogP contribution in [0.5, 0.6) is 5.75 Å². The summed E-state index contributed by atoms with van der Waals surface area (Å²) in [6, 6.07) is 9.29. The average molecular weight is 665 g/mol. The Morgan fingerprint density at radius 3 is 2.57 bits per heavy atom. The molecular formula is C30H24ClF3N2O6S2. The normalized spacial score (nSPS) is 28.6. The lowest BCUT2D eigenvalue weighted by molar-refractivity contribution is -0.145. The van der Waals surface area contributed by atoms with Crippen LogP contribution in [0.4, 0.5) is 18.9 Å². The van der Waals surface area contributed by atoms with Gasteiger partial charge in [-0.25, -0.2) is 4.79 Å². The molecule has 2 saturated carbocycles. The number of hydrogen-bond acceptors (Lipinski definition) is 8. The number of carbonyl (C=O) groups is 3. The van der Waals surface area contributed by atoms with Crippen LogP contribution in [0.1, 0.15) is 35.3 Å². The number of fused-ring (bicyclic) bond motifs is 9. The molecule has 3 fully saturated rings. The van der Waals surface area contributed by atoms with Crippen molar-refractivity contribution in [1.82, 2.24) is 4.98 Å². The van der Waals surface area contributed by atoms with Gasteiger partial charge in [-0.3, -0.25) is 19.3 Å². The Kier molecular flexibility index (Phi) is 7.13. The van der Waals surface area contributed by atoms with Gasteiger partial charge in [-0.05, 0) is 67.5 Å². The highest BCUT2D eigenvalue weighted by atomic mass is 35.5. The number of rotatable bonds is 6. The molecule has 2 aliphatic carbocycles. The van der Waals surface area contributed by atoms with Gasteiger partial charge in [0.2, 0.25) is 11.8 Å². The highest BCUT2D eigenvalue weighted by molar-refractivity contribution is 8.00. The number of esters is 1. The minimum atomic E-state index is -4.63. The van der Waals surface area contributed by atoms with Gasteiger partial charge in [0.1, 0.15) is 5.75 Å². The van der Waals surface area contributed by atoms with Crippen LogP contribution < -0.4 is 14.5 Å². The molecule has 1 N–H and O–H groups in total. The number of aromatic amines is 1. The van der Waals surface area contributed by atoms with E-state index in [-0.39, 0.29) is 46.8 Å². The van der Waals surface area contributed by atoms with Gasteiger partial charge in [0.05, 0.1) is 34.7 Å². The van der Waals surface area contributed by atoms with Crippen LogP contribution >= 0.6 is 34.7 Å². The maximum Gasteiger partial charge on any atom is 0.416 e. The number of halogens is 4. The van der Waals surface area contributed by atoms with E-state index >= 15 is 0 Å². The molecular weight excluding hydrogens is 641 g/mol. The standard InChI is InChI=1S/C30H24ClF3N2O6S2/c1-2-41-19(37)11-42-18-7-6-13(31)9-15(18)20-21-16-10-17(24(21)43-26-25(20)44-29(40)35-26)23-22(16)27(38)36(28(23)39)14-5-3-4-12(8-14)30(32,33)34/h3-9,16-17,20-24H,2,10-11H2,1H3,(H,35,40)/t16-,17-,20+,21-,22+,23+,24-/m1/s1. The fourth-order valence-corrected chi connectivity index (χ4v) is 10.7. The van der Waals surface area contributed by atoms with E-state index in [4.69, 9.17) is 21.1 Å². The van der Waals surface area contributed by atoms with Crippen molar-refractivity contribution in [2.24, 2.45) is 29.6 Å². The molecule has 2 aromatic carbocycles. The van der Waals surface area contributed by atoms with Crippen LogP contribution in [0.3, 0.4) is 0 Å². The molecule has 7 rings (SSSR count). The van der Waals surface area contributed by atoms with Crippen LogP contribution in [0, 0.1) is 29.6 Å². The summed E-state index contributed by atoms with van der Waals surface area (Å²) in [5, 5.41) is 0.906. The molecule has 0 radical (unpaired) electrons. The Morgan fingerprint density at radius 1 is 1.09 bits per heavy atom. The predicted molar refractivity (Wildman–Crippen MR) is 156 cm³/mol. The summed E-state index contributed by atoms with van der Waals surface area (Å²) >= 11 is 8.99. The number of benzene rings is 2.